The van der Waals surface area contributed by atoms with Gasteiger partial charge in [-0.1, -0.05) is 22.0 Å². The summed E-state index contributed by atoms with van der Waals surface area (Å²) in [6, 6.07) is 13.0. The van der Waals surface area contributed by atoms with Crippen molar-refractivity contribution in [2.75, 3.05) is 26.1 Å². The van der Waals surface area contributed by atoms with E-state index >= 15 is 0 Å². The van der Waals surface area contributed by atoms with Crippen LogP contribution in [0.4, 0.5) is 5.69 Å². The Balaban J connectivity index is 2.29. The molecule has 0 amide bonds. The van der Waals surface area contributed by atoms with Crippen molar-refractivity contribution in [3.05, 3.63) is 52.5 Å². The van der Waals surface area contributed by atoms with Crippen LogP contribution in [0.15, 0.2) is 46.9 Å². The number of anilines is 1. The number of methoxy groups -OCH3 is 2. The molecule has 2 rings (SSSR count). The molecule has 0 heterocycles. The van der Waals surface area contributed by atoms with Crippen LogP contribution in [0.3, 0.4) is 0 Å². The van der Waals surface area contributed by atoms with Crippen LogP contribution >= 0.6 is 15.9 Å². The molecule has 112 valence electrons. The minimum Gasteiger partial charge on any atom is -0.497 e. The lowest BCUT2D eigenvalue weighted by atomic mass is 10.1. The molecule has 0 aromatic heterocycles. The third kappa shape index (κ3) is 3.89. The Bertz CT molecular complexity index is 604. The summed E-state index contributed by atoms with van der Waals surface area (Å²) in [7, 11) is 3.24. The largest absolute Gasteiger partial charge is 0.497 e. The summed E-state index contributed by atoms with van der Waals surface area (Å²) >= 11 is 3.45. The normalized spacial score (nSPS) is 11.8. The Kier molecular flexibility index (Phi) is 5.47. The van der Waals surface area contributed by atoms with E-state index in [1.54, 1.807) is 14.2 Å². The molecule has 0 saturated carbocycles. The monoisotopic (exact) mass is 351 g/mol. The van der Waals surface area contributed by atoms with Crippen molar-refractivity contribution >= 4 is 21.6 Å². The molecule has 0 aliphatic heterocycles. The minimum absolute atomic E-state index is 0.0516. The van der Waals surface area contributed by atoms with Crippen molar-refractivity contribution < 1.29 is 14.6 Å². The van der Waals surface area contributed by atoms with Crippen molar-refractivity contribution in [1.29, 1.82) is 0 Å². The summed E-state index contributed by atoms with van der Waals surface area (Å²) < 4.78 is 11.5. The molecule has 0 spiro atoms. The van der Waals surface area contributed by atoms with Crippen molar-refractivity contribution in [3.8, 4) is 11.5 Å². The van der Waals surface area contributed by atoms with E-state index in [9.17, 15) is 5.11 Å². The van der Waals surface area contributed by atoms with E-state index in [1.165, 1.54) is 0 Å². The summed E-state index contributed by atoms with van der Waals surface area (Å²) in [6.45, 7) is -0.0516. The van der Waals surface area contributed by atoms with Gasteiger partial charge in [-0.3, -0.25) is 0 Å². The summed E-state index contributed by atoms with van der Waals surface area (Å²) in [4.78, 5) is 0. The molecule has 4 nitrogen and oxygen atoms in total. The van der Waals surface area contributed by atoms with Crippen molar-refractivity contribution in [2.24, 2.45) is 0 Å². The fraction of sp³-hybridized carbons (Fsp3) is 0.250. The van der Waals surface area contributed by atoms with Gasteiger partial charge in [0.15, 0.2) is 0 Å². The molecule has 0 radical (unpaired) electrons. The molecule has 2 aromatic rings. The van der Waals surface area contributed by atoms with Crippen LogP contribution in [0.25, 0.3) is 0 Å². The number of halogens is 1. The third-order valence-electron chi connectivity index (χ3n) is 3.16. The Hall–Kier alpha value is -1.72. The third-order valence-corrected chi connectivity index (χ3v) is 3.65. The Morgan fingerprint density at radius 2 is 1.95 bits per heavy atom. The average molecular weight is 352 g/mol. The molecule has 0 aliphatic carbocycles. The highest BCUT2D eigenvalue weighted by atomic mass is 79.9. The number of hydrogen-bond acceptors (Lipinski definition) is 4. The minimum atomic E-state index is -0.274. The zero-order chi connectivity index (χ0) is 15.2. The lowest BCUT2D eigenvalue weighted by molar-refractivity contribution is 0.273. The van der Waals surface area contributed by atoms with E-state index in [1.807, 2.05) is 42.5 Å². The zero-order valence-electron chi connectivity index (χ0n) is 12.0. The highest BCUT2D eigenvalue weighted by molar-refractivity contribution is 9.10. The molecule has 0 fully saturated rings. The molecule has 0 saturated heterocycles. The van der Waals surface area contributed by atoms with Crippen LogP contribution in [0.1, 0.15) is 11.6 Å². The van der Waals surface area contributed by atoms with Gasteiger partial charge in [0, 0.05) is 21.8 Å². The summed E-state index contributed by atoms with van der Waals surface area (Å²) in [5, 5.41) is 13.0. The number of hydrogen-bond donors (Lipinski definition) is 2. The van der Waals surface area contributed by atoms with Crippen LogP contribution < -0.4 is 14.8 Å². The first-order valence-corrected chi connectivity index (χ1v) is 7.32. The van der Waals surface area contributed by atoms with E-state index in [4.69, 9.17) is 9.47 Å². The summed E-state index contributed by atoms with van der Waals surface area (Å²) in [5.74, 6) is 1.49. The summed E-state index contributed by atoms with van der Waals surface area (Å²) in [6.07, 6.45) is 0. The van der Waals surface area contributed by atoms with Gasteiger partial charge < -0.3 is 19.9 Å². The van der Waals surface area contributed by atoms with Crippen LogP contribution in [0, 0.1) is 0 Å². The van der Waals surface area contributed by atoms with E-state index in [0.29, 0.717) is 0 Å². The molecule has 5 heteroatoms. The number of nitrogens with one attached hydrogen (secondary N) is 1. The molecule has 0 bridgehead atoms. The Labute approximate surface area is 132 Å². The van der Waals surface area contributed by atoms with Gasteiger partial charge in [-0.25, -0.2) is 0 Å². The fourth-order valence-corrected chi connectivity index (χ4v) is 2.49. The maximum Gasteiger partial charge on any atom is 0.124 e. The number of rotatable bonds is 6. The van der Waals surface area contributed by atoms with Gasteiger partial charge in [0.25, 0.3) is 0 Å². The molecule has 2 aromatic carbocycles. The van der Waals surface area contributed by atoms with Gasteiger partial charge in [0.2, 0.25) is 0 Å². The first-order chi connectivity index (χ1) is 10.2. The molecule has 0 aliphatic rings. The second-order valence-electron chi connectivity index (χ2n) is 4.50. The standard InChI is InChI=1S/C16H18BrNO3/c1-20-13-5-3-4-12(9-13)18-15(10-19)14-8-11(17)6-7-16(14)21-2/h3-9,15,18-19H,10H2,1-2H3. The van der Waals surface area contributed by atoms with Crippen LogP contribution in [0.2, 0.25) is 0 Å². The van der Waals surface area contributed by atoms with Crippen LogP contribution in [-0.4, -0.2) is 25.9 Å². The number of ether oxygens (including phenoxy) is 2. The molecule has 1 unspecified atom stereocenters. The average Bonchev–Trinajstić information content (AvgIpc) is 2.52. The molecular weight excluding hydrogens is 334 g/mol. The number of benzene rings is 2. The smallest absolute Gasteiger partial charge is 0.124 e. The number of aliphatic hydroxyl groups excluding tert-OH is 1. The lowest BCUT2D eigenvalue weighted by Crippen LogP contribution is -2.16. The van der Waals surface area contributed by atoms with Gasteiger partial charge >= 0.3 is 0 Å². The van der Waals surface area contributed by atoms with Crippen molar-refractivity contribution in [2.45, 2.75) is 6.04 Å². The Morgan fingerprint density at radius 1 is 1.14 bits per heavy atom. The van der Waals surface area contributed by atoms with Gasteiger partial charge in [-0.05, 0) is 30.3 Å². The second-order valence-corrected chi connectivity index (χ2v) is 5.41. The molecular formula is C16H18BrNO3. The summed E-state index contributed by atoms with van der Waals surface area (Å²) in [5.41, 5.74) is 1.76. The topological polar surface area (TPSA) is 50.7 Å². The van der Waals surface area contributed by atoms with Crippen LogP contribution in [-0.2, 0) is 0 Å². The highest BCUT2D eigenvalue weighted by Gasteiger charge is 2.16. The fourth-order valence-electron chi connectivity index (χ4n) is 2.11. The first-order valence-electron chi connectivity index (χ1n) is 6.52. The SMILES string of the molecule is COc1cccc(NC(CO)c2cc(Br)ccc2OC)c1. The molecule has 2 N–H and O–H groups in total. The molecule has 1 atom stereocenters. The van der Waals surface area contributed by atoms with E-state index in [0.717, 1.165) is 27.2 Å². The second kappa shape index (κ2) is 7.33. The number of aliphatic hydroxyl groups is 1. The van der Waals surface area contributed by atoms with Gasteiger partial charge in [0.05, 0.1) is 26.9 Å². The van der Waals surface area contributed by atoms with E-state index < -0.39 is 0 Å². The van der Waals surface area contributed by atoms with E-state index in [2.05, 4.69) is 21.2 Å². The van der Waals surface area contributed by atoms with Crippen molar-refractivity contribution in [1.82, 2.24) is 0 Å². The predicted octanol–water partition coefficient (Wildman–Crippen LogP) is 3.61. The van der Waals surface area contributed by atoms with E-state index in [-0.39, 0.29) is 12.6 Å². The maximum atomic E-state index is 9.71. The first kappa shape index (κ1) is 15.7. The Morgan fingerprint density at radius 3 is 2.62 bits per heavy atom. The van der Waals surface area contributed by atoms with Crippen LogP contribution in [0.5, 0.6) is 11.5 Å². The van der Waals surface area contributed by atoms with Gasteiger partial charge in [-0.2, -0.15) is 0 Å². The van der Waals surface area contributed by atoms with Crippen molar-refractivity contribution in [3.63, 3.8) is 0 Å². The zero-order valence-corrected chi connectivity index (χ0v) is 13.6. The maximum absolute atomic E-state index is 9.71. The van der Waals surface area contributed by atoms with Gasteiger partial charge in [-0.15, -0.1) is 0 Å². The van der Waals surface area contributed by atoms with Gasteiger partial charge in [0.1, 0.15) is 11.5 Å². The lowest BCUT2D eigenvalue weighted by Gasteiger charge is -2.21. The quantitative estimate of drug-likeness (QED) is 0.834. The highest BCUT2D eigenvalue weighted by Crippen LogP contribution is 2.31. The molecule has 21 heavy (non-hydrogen) atoms. The predicted molar refractivity (Wildman–Crippen MR) is 87.1 cm³/mol.